The molecule has 0 unspecified atom stereocenters. The van der Waals surface area contributed by atoms with Gasteiger partial charge in [0, 0.05) is 7.05 Å². The minimum Gasteiger partial charge on any atom is -0.481 e. The van der Waals surface area contributed by atoms with Gasteiger partial charge >= 0.3 is 5.97 Å². The molecule has 1 N–H and O–H groups in total. The van der Waals surface area contributed by atoms with Crippen LogP contribution in [0.2, 0.25) is 0 Å². The van der Waals surface area contributed by atoms with E-state index >= 15 is 0 Å². The van der Waals surface area contributed by atoms with Crippen molar-refractivity contribution >= 4 is 17.6 Å². The highest BCUT2D eigenvalue weighted by atomic mass is 16.5. The normalized spacial score (nSPS) is 11.6. The SMILES string of the molecule is CCOC(=O)c1cccc(O[C@H](C)C(=O)Nc2c(C)n(C)n(-c3ccccc3)c2=O)c1. The first-order valence-electron chi connectivity index (χ1n) is 9.92. The number of nitrogens with one attached hydrogen (secondary N) is 1. The zero-order chi connectivity index (χ0) is 22.5. The molecule has 1 aromatic heterocycles. The van der Waals surface area contributed by atoms with Crippen molar-refractivity contribution in [1.29, 1.82) is 0 Å². The van der Waals surface area contributed by atoms with Gasteiger partial charge in [0.25, 0.3) is 11.5 Å². The zero-order valence-electron chi connectivity index (χ0n) is 17.9. The Morgan fingerprint density at radius 3 is 2.48 bits per heavy atom. The van der Waals surface area contributed by atoms with Gasteiger partial charge in [0.2, 0.25) is 0 Å². The number of hydrogen-bond donors (Lipinski definition) is 1. The third-order valence-electron chi connectivity index (χ3n) is 4.83. The van der Waals surface area contributed by atoms with Crippen LogP contribution in [0, 0.1) is 6.92 Å². The van der Waals surface area contributed by atoms with Gasteiger partial charge in [0.1, 0.15) is 11.4 Å². The topological polar surface area (TPSA) is 91.6 Å². The highest BCUT2D eigenvalue weighted by molar-refractivity contribution is 5.94. The summed E-state index contributed by atoms with van der Waals surface area (Å²) >= 11 is 0. The second kappa shape index (κ2) is 9.34. The van der Waals surface area contributed by atoms with E-state index in [1.54, 1.807) is 50.7 Å². The number of ether oxygens (including phenoxy) is 2. The number of carbonyl (C=O) groups excluding carboxylic acids is 2. The van der Waals surface area contributed by atoms with Gasteiger partial charge < -0.3 is 14.8 Å². The molecular weight excluding hydrogens is 398 g/mol. The van der Waals surface area contributed by atoms with E-state index in [2.05, 4.69) is 5.32 Å². The van der Waals surface area contributed by atoms with Gasteiger partial charge in [-0.15, -0.1) is 0 Å². The molecule has 162 valence electrons. The van der Waals surface area contributed by atoms with E-state index in [4.69, 9.17) is 9.47 Å². The summed E-state index contributed by atoms with van der Waals surface area (Å²) in [6.07, 6.45) is -0.901. The van der Waals surface area contributed by atoms with Crippen molar-refractivity contribution in [3.8, 4) is 11.4 Å². The second-order valence-corrected chi connectivity index (χ2v) is 6.93. The first-order chi connectivity index (χ1) is 14.8. The van der Waals surface area contributed by atoms with Crippen LogP contribution in [0.25, 0.3) is 5.69 Å². The maximum absolute atomic E-state index is 12.9. The molecular formula is C23H25N3O5. The molecule has 8 heteroatoms. The summed E-state index contributed by atoms with van der Waals surface area (Å²) in [6, 6.07) is 15.6. The predicted molar refractivity (Wildman–Crippen MR) is 117 cm³/mol. The van der Waals surface area contributed by atoms with Gasteiger partial charge in [-0.05, 0) is 51.1 Å². The number of hydrogen-bond acceptors (Lipinski definition) is 5. The molecule has 1 atom stereocenters. The third kappa shape index (κ3) is 4.69. The third-order valence-corrected chi connectivity index (χ3v) is 4.83. The Morgan fingerprint density at radius 1 is 1.10 bits per heavy atom. The Bertz CT molecular complexity index is 1150. The molecule has 0 aliphatic heterocycles. The fraction of sp³-hybridized carbons (Fsp3) is 0.261. The lowest BCUT2D eigenvalue weighted by Crippen LogP contribution is -2.32. The predicted octanol–water partition coefficient (Wildman–Crippen LogP) is 3.07. The van der Waals surface area contributed by atoms with E-state index in [9.17, 15) is 14.4 Å². The molecule has 1 heterocycles. The highest BCUT2D eigenvalue weighted by Gasteiger charge is 2.22. The second-order valence-electron chi connectivity index (χ2n) is 6.93. The largest absolute Gasteiger partial charge is 0.481 e. The molecule has 31 heavy (non-hydrogen) atoms. The smallest absolute Gasteiger partial charge is 0.338 e. The standard InChI is InChI=1S/C23H25N3O5/c1-5-30-23(29)17-10-9-13-19(14-17)31-16(3)21(27)24-20-15(2)25(4)26(22(20)28)18-11-7-6-8-12-18/h6-14,16H,5H2,1-4H3,(H,24,27)/t16-/m1/s1. The molecule has 0 aliphatic rings. The molecule has 8 nitrogen and oxygen atoms in total. The molecule has 0 saturated heterocycles. The van der Waals surface area contributed by atoms with Gasteiger partial charge in [-0.2, -0.15) is 0 Å². The van der Waals surface area contributed by atoms with Crippen LogP contribution in [-0.4, -0.2) is 34.0 Å². The van der Waals surface area contributed by atoms with Crippen LogP contribution in [0.5, 0.6) is 5.75 Å². The summed E-state index contributed by atoms with van der Waals surface area (Å²) in [5, 5.41) is 2.68. The molecule has 0 fully saturated rings. The monoisotopic (exact) mass is 423 g/mol. The molecule has 0 spiro atoms. The van der Waals surface area contributed by atoms with Crippen molar-refractivity contribution in [2.75, 3.05) is 11.9 Å². The number of esters is 1. The van der Waals surface area contributed by atoms with E-state index in [1.165, 1.54) is 10.7 Å². The van der Waals surface area contributed by atoms with Crippen LogP contribution in [0.4, 0.5) is 5.69 Å². The number of benzene rings is 2. The minimum atomic E-state index is -0.901. The van der Waals surface area contributed by atoms with Crippen LogP contribution in [0.3, 0.4) is 0 Å². The Balaban J connectivity index is 1.77. The molecule has 0 aliphatic carbocycles. The van der Waals surface area contributed by atoms with E-state index in [1.807, 2.05) is 30.3 Å². The number of carbonyl (C=O) groups is 2. The first kappa shape index (κ1) is 21.9. The fourth-order valence-corrected chi connectivity index (χ4v) is 3.11. The lowest BCUT2D eigenvalue weighted by molar-refractivity contribution is -0.122. The van der Waals surface area contributed by atoms with E-state index in [0.29, 0.717) is 22.7 Å². The van der Waals surface area contributed by atoms with Crippen LogP contribution in [0.15, 0.2) is 59.4 Å². The number of rotatable bonds is 7. The molecule has 2 aromatic carbocycles. The summed E-state index contributed by atoms with van der Waals surface area (Å²) in [7, 11) is 1.75. The van der Waals surface area contributed by atoms with Gasteiger partial charge in [-0.25, -0.2) is 9.48 Å². The van der Waals surface area contributed by atoms with Gasteiger partial charge in [-0.1, -0.05) is 24.3 Å². The lowest BCUT2D eigenvalue weighted by Gasteiger charge is -2.15. The summed E-state index contributed by atoms with van der Waals surface area (Å²) < 4.78 is 13.8. The van der Waals surface area contributed by atoms with Crippen molar-refractivity contribution in [3.05, 3.63) is 76.2 Å². The fourth-order valence-electron chi connectivity index (χ4n) is 3.11. The van der Waals surface area contributed by atoms with Gasteiger partial charge in [-0.3, -0.25) is 14.3 Å². The summed E-state index contributed by atoms with van der Waals surface area (Å²) in [5.74, 6) is -0.598. The Morgan fingerprint density at radius 2 is 1.81 bits per heavy atom. The van der Waals surface area contributed by atoms with Crippen molar-refractivity contribution in [2.24, 2.45) is 7.05 Å². The molecule has 0 bridgehead atoms. The molecule has 3 aromatic rings. The van der Waals surface area contributed by atoms with E-state index in [0.717, 1.165) is 0 Å². The highest BCUT2D eigenvalue weighted by Crippen LogP contribution is 2.18. The maximum Gasteiger partial charge on any atom is 0.338 e. The van der Waals surface area contributed by atoms with E-state index in [-0.39, 0.29) is 17.9 Å². The van der Waals surface area contributed by atoms with Crippen LogP contribution in [-0.2, 0) is 16.6 Å². The number of amides is 1. The number of aromatic nitrogens is 2. The number of anilines is 1. The van der Waals surface area contributed by atoms with Crippen molar-refractivity contribution in [3.63, 3.8) is 0 Å². The quantitative estimate of drug-likeness (QED) is 0.590. The molecule has 0 radical (unpaired) electrons. The summed E-state index contributed by atoms with van der Waals surface area (Å²) in [4.78, 5) is 37.5. The Labute approximate surface area is 180 Å². The van der Waals surface area contributed by atoms with Gasteiger partial charge in [0.15, 0.2) is 6.10 Å². The van der Waals surface area contributed by atoms with E-state index < -0.39 is 18.0 Å². The minimum absolute atomic E-state index is 0.187. The van der Waals surface area contributed by atoms with Gasteiger partial charge in [0.05, 0.1) is 23.6 Å². The lowest BCUT2D eigenvalue weighted by atomic mass is 10.2. The Kier molecular flexibility index (Phi) is 6.59. The van der Waals surface area contributed by atoms with Crippen molar-refractivity contribution < 1.29 is 19.1 Å². The molecule has 3 rings (SSSR count). The Hall–Kier alpha value is -3.81. The number of para-hydroxylation sites is 1. The van der Waals surface area contributed by atoms with Crippen molar-refractivity contribution in [1.82, 2.24) is 9.36 Å². The number of nitrogens with zero attached hydrogens (tertiary/aromatic N) is 2. The maximum atomic E-state index is 12.9. The zero-order valence-corrected chi connectivity index (χ0v) is 17.9. The van der Waals surface area contributed by atoms with Crippen LogP contribution in [0.1, 0.15) is 29.9 Å². The van der Waals surface area contributed by atoms with Crippen LogP contribution >= 0.6 is 0 Å². The van der Waals surface area contributed by atoms with Crippen LogP contribution < -0.4 is 15.6 Å². The van der Waals surface area contributed by atoms with Crippen molar-refractivity contribution in [2.45, 2.75) is 26.9 Å². The average molecular weight is 423 g/mol. The first-order valence-corrected chi connectivity index (χ1v) is 9.92. The molecule has 1 amide bonds. The average Bonchev–Trinajstić information content (AvgIpc) is 2.97. The summed E-state index contributed by atoms with van der Waals surface area (Å²) in [6.45, 7) is 5.31. The summed E-state index contributed by atoms with van der Waals surface area (Å²) in [5.41, 5.74) is 1.48. The molecule has 0 saturated carbocycles.